The Kier molecular flexibility index (Phi) is 6.27. The lowest BCUT2D eigenvalue weighted by Gasteiger charge is -2.35. The van der Waals surface area contributed by atoms with Gasteiger partial charge in [0.1, 0.15) is 0 Å². The summed E-state index contributed by atoms with van der Waals surface area (Å²) in [4.78, 5) is 2.39. The van der Waals surface area contributed by atoms with Crippen molar-refractivity contribution >= 4 is 35.0 Å². The molecule has 0 aromatic heterocycles. The van der Waals surface area contributed by atoms with Gasteiger partial charge in [0.05, 0.1) is 11.9 Å². The fourth-order valence-electron chi connectivity index (χ4n) is 4.36. The van der Waals surface area contributed by atoms with Crippen molar-refractivity contribution in [1.82, 2.24) is 4.90 Å². The summed E-state index contributed by atoms with van der Waals surface area (Å²) in [6.45, 7) is 2.02. The van der Waals surface area contributed by atoms with Crippen LogP contribution in [0.15, 0.2) is 60.7 Å². The molecular weight excluding hydrogens is 386 g/mol. The Morgan fingerprint density at radius 2 is 1.82 bits per heavy atom. The number of fused-ring (bicyclic) bond motifs is 1. The number of thiol groups is 1. The lowest BCUT2D eigenvalue weighted by Crippen LogP contribution is -2.41. The Morgan fingerprint density at radius 3 is 2.68 bits per heavy atom. The average molecular weight is 412 g/mol. The standard InChI is InChI=1S/C24H26ClNOS/c25-22-13-6-9-18(15-26-14-4-3-10-19(26)16-27)23(22)24(28)21-12-5-8-17-7-1-2-11-20(17)21/h1-2,5-9,11-13,19,24,27-28H,3-4,10,14-16H2. The Balaban J connectivity index is 1.73. The van der Waals surface area contributed by atoms with Crippen molar-refractivity contribution in [2.24, 2.45) is 0 Å². The molecule has 1 aliphatic heterocycles. The second-order valence-corrected chi connectivity index (χ2v) is 8.51. The van der Waals surface area contributed by atoms with Gasteiger partial charge in [-0.15, -0.1) is 0 Å². The smallest absolute Gasteiger partial charge is 0.0586 e. The Bertz CT molecular complexity index is 955. The molecule has 3 aromatic carbocycles. The zero-order chi connectivity index (χ0) is 19.5. The van der Waals surface area contributed by atoms with Gasteiger partial charge in [0.2, 0.25) is 0 Å². The minimum Gasteiger partial charge on any atom is -0.395 e. The van der Waals surface area contributed by atoms with E-state index in [0.717, 1.165) is 30.1 Å². The number of benzene rings is 3. The summed E-state index contributed by atoms with van der Waals surface area (Å²) in [7, 11) is 0. The van der Waals surface area contributed by atoms with Crippen LogP contribution in [0.1, 0.15) is 41.2 Å². The number of hydrogen-bond acceptors (Lipinski definition) is 3. The molecule has 3 aromatic rings. The number of hydrogen-bond donors (Lipinski definition) is 2. The molecule has 2 nitrogen and oxygen atoms in total. The van der Waals surface area contributed by atoms with E-state index in [4.69, 9.17) is 24.2 Å². The first kappa shape index (κ1) is 19.8. The zero-order valence-corrected chi connectivity index (χ0v) is 17.5. The summed E-state index contributed by atoms with van der Waals surface area (Å²) in [5.41, 5.74) is 3.44. The predicted molar refractivity (Wildman–Crippen MR) is 121 cm³/mol. The van der Waals surface area contributed by atoms with Crippen LogP contribution in [0, 0.1) is 0 Å². The molecule has 0 bridgehead atoms. The predicted octanol–water partition coefficient (Wildman–Crippen LogP) is 5.86. The zero-order valence-electron chi connectivity index (χ0n) is 15.9. The Morgan fingerprint density at radius 1 is 1.04 bits per heavy atom. The van der Waals surface area contributed by atoms with Gasteiger partial charge in [-0.25, -0.2) is 0 Å². The number of halogens is 1. The molecule has 1 N–H and O–H groups in total. The van der Waals surface area contributed by atoms with Crippen LogP contribution in [0.3, 0.4) is 0 Å². The summed E-state index contributed by atoms with van der Waals surface area (Å²) >= 11 is 11.7. The highest BCUT2D eigenvalue weighted by Crippen LogP contribution is 2.39. The number of aliphatic hydroxyl groups is 1. The van der Waals surface area contributed by atoms with Crippen LogP contribution in [0.4, 0.5) is 0 Å². The van der Waals surface area contributed by atoms with Gasteiger partial charge in [-0.3, -0.25) is 4.90 Å². The van der Waals surface area contributed by atoms with Crippen LogP contribution in [0.5, 0.6) is 0 Å². The van der Waals surface area contributed by atoms with Gasteiger partial charge in [0.25, 0.3) is 0 Å². The summed E-state index contributed by atoms with van der Waals surface area (Å²) in [5.74, 6) is 0. The quantitative estimate of drug-likeness (QED) is 0.513. The molecule has 28 heavy (non-hydrogen) atoms. The summed E-state index contributed by atoms with van der Waals surface area (Å²) in [5, 5.41) is 12.9. The van der Waals surface area contributed by atoms with Crippen molar-refractivity contribution in [2.75, 3.05) is 13.2 Å². The van der Waals surface area contributed by atoms with Gasteiger partial charge in [0.15, 0.2) is 0 Å². The van der Waals surface area contributed by atoms with E-state index in [1.54, 1.807) is 0 Å². The van der Waals surface area contributed by atoms with Gasteiger partial charge in [-0.1, -0.05) is 72.6 Å². The number of nitrogens with zero attached hydrogens (tertiary/aromatic N) is 1. The maximum Gasteiger partial charge on any atom is 0.0586 e. The van der Waals surface area contributed by atoms with E-state index in [0.29, 0.717) is 0 Å². The van der Waals surface area contributed by atoms with Crippen LogP contribution < -0.4 is 0 Å². The normalized spacial score (nSPS) is 19.0. The van der Waals surface area contributed by atoms with Gasteiger partial charge in [0, 0.05) is 17.6 Å². The third-order valence-corrected chi connectivity index (χ3v) is 6.73. The lowest BCUT2D eigenvalue weighted by atomic mass is 9.94. The van der Waals surface area contributed by atoms with Crippen molar-refractivity contribution < 1.29 is 5.11 Å². The number of likely N-dealkylation sites (tertiary alicyclic amines) is 1. The first-order chi connectivity index (χ1) is 13.7. The third-order valence-electron chi connectivity index (χ3n) is 5.87. The number of rotatable bonds is 5. The van der Waals surface area contributed by atoms with Crippen molar-refractivity contribution in [3.63, 3.8) is 0 Å². The van der Waals surface area contributed by atoms with Gasteiger partial charge in [-0.05, 0) is 52.9 Å². The van der Waals surface area contributed by atoms with E-state index in [2.05, 4.69) is 53.4 Å². The van der Waals surface area contributed by atoms with Gasteiger partial charge < -0.3 is 5.11 Å². The van der Waals surface area contributed by atoms with E-state index in [1.165, 1.54) is 34.7 Å². The summed E-state index contributed by atoms with van der Waals surface area (Å²) in [6, 6.07) is 21.1. The van der Waals surface area contributed by atoms with Crippen molar-refractivity contribution in [3.05, 3.63) is 82.4 Å². The number of piperidine rings is 1. The van der Waals surface area contributed by atoms with Crippen LogP contribution >= 0.6 is 24.2 Å². The fraction of sp³-hybridized carbons (Fsp3) is 0.333. The maximum atomic E-state index is 9.79. The second kappa shape index (κ2) is 8.87. The minimum absolute atomic E-state index is 0.104. The summed E-state index contributed by atoms with van der Waals surface area (Å²) < 4.78 is 0. The molecule has 1 fully saturated rings. The topological polar surface area (TPSA) is 23.5 Å². The lowest BCUT2D eigenvalue weighted by molar-refractivity contribution is 0.0839. The molecule has 4 heteroatoms. The molecule has 0 radical (unpaired) electrons. The molecule has 2 unspecified atom stereocenters. The van der Waals surface area contributed by atoms with Gasteiger partial charge in [-0.2, -0.15) is 12.6 Å². The molecule has 0 aliphatic carbocycles. The SMILES string of the molecule is OCC1CCCCN1Cc1cccc(Cl)c1C(S)c1cccc2ccccc12. The second-order valence-electron chi connectivity index (χ2n) is 7.59. The van der Waals surface area contributed by atoms with Crippen molar-refractivity contribution in [3.8, 4) is 0 Å². The highest BCUT2D eigenvalue weighted by atomic mass is 35.5. The molecule has 2 atom stereocenters. The largest absolute Gasteiger partial charge is 0.395 e. The molecule has 0 saturated carbocycles. The molecule has 0 amide bonds. The van der Waals surface area contributed by atoms with Crippen molar-refractivity contribution in [2.45, 2.75) is 37.1 Å². The van der Waals surface area contributed by atoms with E-state index in [9.17, 15) is 5.11 Å². The summed E-state index contributed by atoms with van der Waals surface area (Å²) in [6.07, 6.45) is 3.43. The molecule has 4 rings (SSSR count). The molecular formula is C24H26ClNOS. The highest BCUT2D eigenvalue weighted by Gasteiger charge is 2.25. The van der Waals surface area contributed by atoms with Crippen LogP contribution in [-0.2, 0) is 6.54 Å². The fourth-order valence-corrected chi connectivity index (χ4v) is 5.27. The number of aliphatic hydroxyl groups excluding tert-OH is 1. The molecule has 1 aliphatic rings. The highest BCUT2D eigenvalue weighted by molar-refractivity contribution is 7.80. The van der Waals surface area contributed by atoms with E-state index >= 15 is 0 Å². The van der Waals surface area contributed by atoms with Crippen LogP contribution in [-0.4, -0.2) is 29.2 Å². The van der Waals surface area contributed by atoms with E-state index < -0.39 is 0 Å². The Hall–Kier alpha value is -1.52. The minimum atomic E-state index is -0.104. The van der Waals surface area contributed by atoms with Crippen LogP contribution in [0.25, 0.3) is 10.8 Å². The molecule has 0 spiro atoms. The van der Waals surface area contributed by atoms with E-state index in [-0.39, 0.29) is 17.9 Å². The van der Waals surface area contributed by atoms with Gasteiger partial charge >= 0.3 is 0 Å². The van der Waals surface area contributed by atoms with E-state index in [1.807, 2.05) is 12.1 Å². The molecule has 1 heterocycles. The van der Waals surface area contributed by atoms with Crippen molar-refractivity contribution in [1.29, 1.82) is 0 Å². The first-order valence-corrected chi connectivity index (χ1v) is 10.9. The molecule has 146 valence electrons. The maximum absolute atomic E-state index is 9.79. The third kappa shape index (κ3) is 3.95. The molecule has 1 saturated heterocycles. The first-order valence-electron chi connectivity index (χ1n) is 9.97. The van der Waals surface area contributed by atoms with Crippen LogP contribution in [0.2, 0.25) is 5.02 Å². The average Bonchev–Trinajstić information content (AvgIpc) is 2.73. The monoisotopic (exact) mass is 411 g/mol. The Labute approximate surface area is 177 Å².